The lowest BCUT2D eigenvalue weighted by molar-refractivity contribution is 0.341. The van der Waals surface area contributed by atoms with Gasteiger partial charge in [0.1, 0.15) is 0 Å². The maximum absolute atomic E-state index is 3.66. The highest BCUT2D eigenvalue weighted by molar-refractivity contribution is 4.67. The van der Waals surface area contributed by atoms with Gasteiger partial charge in [0.25, 0.3) is 0 Å². The normalized spacial score (nSPS) is 17.5. The first kappa shape index (κ1) is 15.0. The van der Waals surface area contributed by atoms with E-state index in [0.29, 0.717) is 0 Å². The maximum atomic E-state index is 3.66. The van der Waals surface area contributed by atoms with Crippen molar-refractivity contribution >= 4 is 0 Å². The van der Waals surface area contributed by atoms with Crippen LogP contribution in [0, 0.1) is 5.92 Å². The number of hydrogen-bond acceptors (Lipinski definition) is 1. The van der Waals surface area contributed by atoms with E-state index in [-0.39, 0.29) is 0 Å². The van der Waals surface area contributed by atoms with Gasteiger partial charge in [-0.25, -0.2) is 0 Å². The van der Waals surface area contributed by atoms with Crippen molar-refractivity contribution in [1.82, 2.24) is 5.32 Å². The summed E-state index contributed by atoms with van der Waals surface area (Å²) < 4.78 is 0. The molecule has 0 unspecified atom stereocenters. The third-order valence-electron chi connectivity index (χ3n) is 4.11. The molecule has 17 heavy (non-hydrogen) atoms. The van der Waals surface area contributed by atoms with Crippen molar-refractivity contribution < 1.29 is 0 Å². The molecule has 1 fully saturated rings. The molecule has 0 saturated heterocycles. The van der Waals surface area contributed by atoms with Gasteiger partial charge in [-0.05, 0) is 38.3 Å². The highest BCUT2D eigenvalue weighted by Crippen LogP contribution is 2.22. The van der Waals surface area contributed by atoms with Crippen LogP contribution in [0.1, 0.15) is 84.0 Å². The summed E-state index contributed by atoms with van der Waals surface area (Å²) in [7, 11) is 0. The van der Waals surface area contributed by atoms with Crippen LogP contribution in [0.25, 0.3) is 0 Å². The fourth-order valence-electron chi connectivity index (χ4n) is 2.90. The van der Waals surface area contributed by atoms with Gasteiger partial charge in [0.15, 0.2) is 0 Å². The SMILES string of the molecule is CCCCCCCCCNCC1CCCCC1. The summed E-state index contributed by atoms with van der Waals surface area (Å²) in [5.41, 5.74) is 0. The second-order valence-corrected chi connectivity index (χ2v) is 5.83. The van der Waals surface area contributed by atoms with Crippen molar-refractivity contribution in [1.29, 1.82) is 0 Å². The lowest BCUT2D eigenvalue weighted by Gasteiger charge is -2.21. The molecular weight excluding hydrogens is 206 g/mol. The molecule has 1 N–H and O–H groups in total. The summed E-state index contributed by atoms with van der Waals surface area (Å²) >= 11 is 0. The van der Waals surface area contributed by atoms with Crippen LogP contribution < -0.4 is 5.32 Å². The Morgan fingerprint density at radius 1 is 0.824 bits per heavy atom. The Morgan fingerprint density at radius 2 is 1.47 bits per heavy atom. The van der Waals surface area contributed by atoms with Gasteiger partial charge in [0.2, 0.25) is 0 Å². The summed E-state index contributed by atoms with van der Waals surface area (Å²) in [6.07, 6.45) is 17.4. The number of nitrogens with one attached hydrogen (secondary N) is 1. The zero-order chi connectivity index (χ0) is 12.2. The molecule has 0 radical (unpaired) electrons. The molecule has 0 heterocycles. The molecule has 1 nitrogen and oxygen atoms in total. The third kappa shape index (κ3) is 8.65. The smallest absolute Gasteiger partial charge is 0.00205 e. The monoisotopic (exact) mass is 239 g/mol. The van der Waals surface area contributed by atoms with Crippen LogP contribution in [-0.2, 0) is 0 Å². The molecule has 1 heteroatoms. The Kier molecular flexibility index (Phi) is 9.78. The lowest BCUT2D eigenvalue weighted by Crippen LogP contribution is -2.25. The van der Waals surface area contributed by atoms with E-state index < -0.39 is 0 Å². The minimum absolute atomic E-state index is 0.994. The van der Waals surface area contributed by atoms with Crippen LogP contribution >= 0.6 is 0 Å². The van der Waals surface area contributed by atoms with Crippen molar-refractivity contribution in [3.8, 4) is 0 Å². The van der Waals surface area contributed by atoms with Gasteiger partial charge in [0, 0.05) is 0 Å². The van der Waals surface area contributed by atoms with E-state index >= 15 is 0 Å². The molecule has 0 aromatic heterocycles. The summed E-state index contributed by atoms with van der Waals surface area (Å²) in [6.45, 7) is 4.83. The van der Waals surface area contributed by atoms with Crippen LogP contribution in [0.2, 0.25) is 0 Å². The Hall–Kier alpha value is -0.0400. The summed E-state index contributed by atoms with van der Waals surface area (Å²) in [5, 5.41) is 3.66. The van der Waals surface area contributed by atoms with Crippen molar-refractivity contribution in [3.05, 3.63) is 0 Å². The van der Waals surface area contributed by atoms with Crippen LogP contribution in [-0.4, -0.2) is 13.1 Å². The second kappa shape index (κ2) is 11.1. The lowest BCUT2D eigenvalue weighted by atomic mass is 9.89. The van der Waals surface area contributed by atoms with E-state index in [4.69, 9.17) is 0 Å². The molecule has 0 aromatic rings. The summed E-state index contributed by atoms with van der Waals surface area (Å²) in [6, 6.07) is 0. The zero-order valence-corrected chi connectivity index (χ0v) is 12.0. The molecule has 1 saturated carbocycles. The van der Waals surface area contributed by atoms with Crippen molar-refractivity contribution in [2.75, 3.05) is 13.1 Å². The average Bonchev–Trinajstić information content (AvgIpc) is 2.38. The van der Waals surface area contributed by atoms with Crippen LogP contribution in [0.3, 0.4) is 0 Å². The van der Waals surface area contributed by atoms with Gasteiger partial charge in [-0.15, -0.1) is 0 Å². The average molecular weight is 239 g/mol. The van der Waals surface area contributed by atoms with E-state index in [1.165, 1.54) is 90.1 Å². The first-order chi connectivity index (χ1) is 8.43. The Labute approximate surface area is 109 Å². The van der Waals surface area contributed by atoms with Crippen molar-refractivity contribution in [3.63, 3.8) is 0 Å². The highest BCUT2D eigenvalue weighted by atomic mass is 14.9. The molecule has 1 aliphatic rings. The second-order valence-electron chi connectivity index (χ2n) is 5.83. The van der Waals surface area contributed by atoms with E-state index in [1.807, 2.05) is 0 Å². The highest BCUT2D eigenvalue weighted by Gasteiger charge is 2.11. The molecule has 0 atom stereocenters. The predicted octanol–water partition coefficient (Wildman–Crippen LogP) is 4.91. The van der Waals surface area contributed by atoms with Gasteiger partial charge in [0.05, 0.1) is 0 Å². The van der Waals surface area contributed by atoms with E-state index in [1.54, 1.807) is 0 Å². The number of unbranched alkanes of at least 4 members (excludes halogenated alkanes) is 6. The largest absolute Gasteiger partial charge is 0.316 e. The molecule has 0 aliphatic heterocycles. The van der Waals surface area contributed by atoms with Gasteiger partial charge in [-0.1, -0.05) is 64.7 Å². The summed E-state index contributed by atoms with van der Waals surface area (Å²) in [4.78, 5) is 0. The molecule has 0 aromatic carbocycles. The number of rotatable bonds is 10. The molecule has 1 aliphatic carbocycles. The van der Waals surface area contributed by atoms with Crippen LogP contribution in [0.5, 0.6) is 0 Å². The van der Waals surface area contributed by atoms with Gasteiger partial charge in [-0.3, -0.25) is 0 Å². The minimum Gasteiger partial charge on any atom is -0.316 e. The van der Waals surface area contributed by atoms with Crippen molar-refractivity contribution in [2.24, 2.45) is 5.92 Å². The quantitative estimate of drug-likeness (QED) is 0.534. The molecule has 0 amide bonds. The fourth-order valence-corrected chi connectivity index (χ4v) is 2.90. The first-order valence-corrected chi connectivity index (χ1v) is 8.14. The topological polar surface area (TPSA) is 12.0 Å². The fraction of sp³-hybridized carbons (Fsp3) is 1.00. The molecule has 0 spiro atoms. The molecule has 1 rings (SSSR count). The van der Waals surface area contributed by atoms with Gasteiger partial charge < -0.3 is 5.32 Å². The van der Waals surface area contributed by atoms with Crippen LogP contribution in [0.4, 0.5) is 0 Å². The number of hydrogen-bond donors (Lipinski definition) is 1. The zero-order valence-electron chi connectivity index (χ0n) is 12.0. The maximum Gasteiger partial charge on any atom is -0.00205 e. The molecule has 102 valence electrons. The predicted molar refractivity (Wildman–Crippen MR) is 77.4 cm³/mol. The molecular formula is C16H33N. The standard InChI is InChI=1S/C16H33N/c1-2-3-4-5-6-7-11-14-17-15-16-12-9-8-10-13-16/h16-17H,2-15H2,1H3. The third-order valence-corrected chi connectivity index (χ3v) is 4.11. The van der Waals surface area contributed by atoms with E-state index in [2.05, 4.69) is 12.2 Å². The summed E-state index contributed by atoms with van der Waals surface area (Å²) in [5.74, 6) is 0.994. The Bertz CT molecular complexity index is 150. The van der Waals surface area contributed by atoms with Gasteiger partial charge in [-0.2, -0.15) is 0 Å². The Morgan fingerprint density at radius 3 is 2.18 bits per heavy atom. The molecule has 0 bridgehead atoms. The van der Waals surface area contributed by atoms with Crippen molar-refractivity contribution in [2.45, 2.75) is 84.0 Å². The Balaban J connectivity index is 1.75. The van der Waals surface area contributed by atoms with E-state index in [9.17, 15) is 0 Å². The van der Waals surface area contributed by atoms with Gasteiger partial charge >= 0.3 is 0 Å². The first-order valence-electron chi connectivity index (χ1n) is 8.14. The van der Waals surface area contributed by atoms with Crippen LogP contribution in [0.15, 0.2) is 0 Å². The minimum atomic E-state index is 0.994. The van der Waals surface area contributed by atoms with E-state index in [0.717, 1.165) is 5.92 Å².